The highest BCUT2D eigenvalue weighted by Crippen LogP contribution is 2.01. The van der Waals surface area contributed by atoms with E-state index in [4.69, 9.17) is 10.5 Å². The fourth-order valence-electron chi connectivity index (χ4n) is 1.16. The fraction of sp³-hybridized carbons (Fsp3) is 0.333. The summed E-state index contributed by atoms with van der Waals surface area (Å²) in [5.41, 5.74) is 6.74. The van der Waals surface area contributed by atoms with Crippen LogP contribution in [0, 0.1) is 0 Å². The van der Waals surface area contributed by atoms with Crippen LogP contribution in [0.25, 0.3) is 0 Å². The SMILES string of the molecule is C=C[C@@H](O)[C@H](N)COCc1ccccc1. The predicted octanol–water partition coefficient (Wildman–Crippen LogP) is 1.08. The van der Waals surface area contributed by atoms with Crippen LogP contribution in [-0.2, 0) is 11.3 Å². The topological polar surface area (TPSA) is 55.5 Å². The van der Waals surface area contributed by atoms with Crippen LogP contribution < -0.4 is 5.73 Å². The van der Waals surface area contributed by atoms with Crippen molar-refractivity contribution in [1.29, 1.82) is 0 Å². The summed E-state index contributed by atoms with van der Waals surface area (Å²) in [6.07, 6.45) is 0.706. The summed E-state index contributed by atoms with van der Waals surface area (Å²) in [6, 6.07) is 9.42. The van der Waals surface area contributed by atoms with Crippen LogP contribution in [0.2, 0.25) is 0 Å². The number of aliphatic hydroxyl groups excluding tert-OH is 1. The number of nitrogens with two attached hydrogens (primary N) is 1. The summed E-state index contributed by atoms with van der Waals surface area (Å²) >= 11 is 0. The van der Waals surface area contributed by atoms with Crippen molar-refractivity contribution in [3.8, 4) is 0 Å². The molecule has 0 saturated heterocycles. The Morgan fingerprint density at radius 3 is 2.67 bits per heavy atom. The van der Waals surface area contributed by atoms with Crippen LogP contribution in [0.1, 0.15) is 5.56 Å². The number of hydrogen-bond donors (Lipinski definition) is 2. The zero-order chi connectivity index (χ0) is 11.1. The molecule has 0 radical (unpaired) electrons. The van der Waals surface area contributed by atoms with Gasteiger partial charge in [-0.3, -0.25) is 0 Å². The van der Waals surface area contributed by atoms with E-state index in [1.54, 1.807) is 0 Å². The van der Waals surface area contributed by atoms with E-state index < -0.39 is 12.1 Å². The van der Waals surface area contributed by atoms with E-state index in [0.717, 1.165) is 5.56 Å². The van der Waals surface area contributed by atoms with Gasteiger partial charge in [0.05, 0.1) is 25.4 Å². The maximum atomic E-state index is 9.30. The lowest BCUT2D eigenvalue weighted by Crippen LogP contribution is -2.37. The molecule has 0 aromatic heterocycles. The minimum Gasteiger partial charge on any atom is -0.387 e. The average molecular weight is 207 g/mol. The fourth-order valence-corrected chi connectivity index (χ4v) is 1.16. The van der Waals surface area contributed by atoms with Gasteiger partial charge in [0, 0.05) is 0 Å². The number of aliphatic hydroxyl groups is 1. The molecular formula is C12H17NO2. The molecule has 3 nitrogen and oxygen atoms in total. The highest BCUT2D eigenvalue weighted by molar-refractivity contribution is 5.13. The standard InChI is InChI=1S/C12H17NO2/c1-2-12(14)11(13)9-15-8-10-6-4-3-5-7-10/h2-7,11-12,14H,1,8-9,13H2/t11-,12-/m1/s1. The second-order valence-electron chi connectivity index (χ2n) is 3.39. The van der Waals surface area contributed by atoms with Gasteiger partial charge in [0.1, 0.15) is 0 Å². The summed E-state index contributed by atoms with van der Waals surface area (Å²) in [7, 11) is 0. The molecule has 0 aliphatic carbocycles. The smallest absolute Gasteiger partial charge is 0.0891 e. The monoisotopic (exact) mass is 207 g/mol. The van der Waals surface area contributed by atoms with Gasteiger partial charge in [-0.1, -0.05) is 36.4 Å². The number of ether oxygens (including phenoxy) is 1. The number of rotatable bonds is 6. The van der Waals surface area contributed by atoms with Crippen LogP contribution in [0.15, 0.2) is 43.0 Å². The molecule has 15 heavy (non-hydrogen) atoms. The van der Waals surface area contributed by atoms with Gasteiger partial charge in [0.2, 0.25) is 0 Å². The van der Waals surface area contributed by atoms with Crippen LogP contribution in [0.3, 0.4) is 0 Å². The van der Waals surface area contributed by atoms with Gasteiger partial charge in [0.25, 0.3) is 0 Å². The third-order valence-corrected chi connectivity index (χ3v) is 2.10. The lowest BCUT2D eigenvalue weighted by atomic mass is 10.2. The van der Waals surface area contributed by atoms with Gasteiger partial charge in [-0.2, -0.15) is 0 Å². The zero-order valence-corrected chi connectivity index (χ0v) is 8.67. The zero-order valence-electron chi connectivity index (χ0n) is 8.67. The predicted molar refractivity (Wildman–Crippen MR) is 60.3 cm³/mol. The molecule has 0 saturated carbocycles. The molecular weight excluding hydrogens is 190 g/mol. The Kier molecular flexibility index (Phi) is 5.04. The first-order chi connectivity index (χ1) is 7.24. The van der Waals surface area contributed by atoms with Crippen molar-refractivity contribution in [2.45, 2.75) is 18.8 Å². The minimum atomic E-state index is -0.708. The molecule has 82 valence electrons. The molecule has 0 spiro atoms. The van der Waals surface area contributed by atoms with Gasteiger partial charge < -0.3 is 15.6 Å². The highest BCUT2D eigenvalue weighted by Gasteiger charge is 2.10. The molecule has 0 unspecified atom stereocenters. The van der Waals surface area contributed by atoms with E-state index in [-0.39, 0.29) is 0 Å². The Bertz CT molecular complexity index is 287. The Morgan fingerprint density at radius 2 is 2.07 bits per heavy atom. The average Bonchev–Trinajstić information content (AvgIpc) is 2.29. The van der Waals surface area contributed by atoms with Crippen LogP contribution >= 0.6 is 0 Å². The quantitative estimate of drug-likeness (QED) is 0.686. The molecule has 3 heteroatoms. The third-order valence-electron chi connectivity index (χ3n) is 2.10. The van der Waals surface area contributed by atoms with E-state index >= 15 is 0 Å². The van der Waals surface area contributed by atoms with Gasteiger partial charge in [0.15, 0.2) is 0 Å². The van der Waals surface area contributed by atoms with Crippen molar-refractivity contribution in [2.24, 2.45) is 5.73 Å². The van der Waals surface area contributed by atoms with Crippen LogP contribution in [0.4, 0.5) is 0 Å². The maximum absolute atomic E-state index is 9.30. The molecule has 0 aliphatic rings. The first-order valence-electron chi connectivity index (χ1n) is 4.92. The Morgan fingerprint density at radius 1 is 1.40 bits per heavy atom. The normalized spacial score (nSPS) is 14.5. The van der Waals surface area contributed by atoms with E-state index in [2.05, 4.69) is 6.58 Å². The summed E-state index contributed by atoms with van der Waals surface area (Å²) in [5.74, 6) is 0. The Labute approximate surface area is 90.2 Å². The Hall–Kier alpha value is -1.16. The van der Waals surface area contributed by atoms with Gasteiger partial charge in [-0.15, -0.1) is 6.58 Å². The largest absolute Gasteiger partial charge is 0.387 e. The van der Waals surface area contributed by atoms with Crippen molar-refractivity contribution in [2.75, 3.05) is 6.61 Å². The number of benzene rings is 1. The van der Waals surface area contributed by atoms with E-state index in [0.29, 0.717) is 13.2 Å². The third kappa shape index (κ3) is 4.25. The van der Waals surface area contributed by atoms with E-state index in [1.807, 2.05) is 30.3 Å². The second-order valence-corrected chi connectivity index (χ2v) is 3.39. The van der Waals surface area contributed by atoms with Crippen molar-refractivity contribution >= 4 is 0 Å². The molecule has 1 rings (SSSR count). The lowest BCUT2D eigenvalue weighted by Gasteiger charge is -2.15. The van der Waals surface area contributed by atoms with Crippen molar-refractivity contribution < 1.29 is 9.84 Å². The van der Waals surface area contributed by atoms with E-state index in [9.17, 15) is 5.11 Å². The summed E-state index contributed by atoms with van der Waals surface area (Å²) in [6.45, 7) is 4.30. The first-order valence-corrected chi connectivity index (χ1v) is 4.92. The molecule has 3 N–H and O–H groups in total. The summed E-state index contributed by atoms with van der Waals surface area (Å²) < 4.78 is 5.37. The summed E-state index contributed by atoms with van der Waals surface area (Å²) in [5, 5.41) is 9.30. The highest BCUT2D eigenvalue weighted by atomic mass is 16.5. The van der Waals surface area contributed by atoms with Crippen molar-refractivity contribution in [3.63, 3.8) is 0 Å². The molecule has 0 heterocycles. The molecule has 1 aromatic carbocycles. The summed E-state index contributed by atoms with van der Waals surface area (Å²) in [4.78, 5) is 0. The van der Waals surface area contributed by atoms with Gasteiger partial charge >= 0.3 is 0 Å². The van der Waals surface area contributed by atoms with E-state index in [1.165, 1.54) is 6.08 Å². The van der Waals surface area contributed by atoms with Crippen molar-refractivity contribution in [1.82, 2.24) is 0 Å². The maximum Gasteiger partial charge on any atom is 0.0891 e. The first kappa shape index (κ1) is 11.9. The Balaban J connectivity index is 2.25. The second kappa shape index (κ2) is 6.35. The molecule has 2 atom stereocenters. The van der Waals surface area contributed by atoms with Gasteiger partial charge in [-0.05, 0) is 5.56 Å². The molecule has 0 bridgehead atoms. The molecule has 1 aromatic rings. The molecule has 0 amide bonds. The van der Waals surface area contributed by atoms with Crippen molar-refractivity contribution in [3.05, 3.63) is 48.6 Å². The van der Waals surface area contributed by atoms with Gasteiger partial charge in [-0.25, -0.2) is 0 Å². The minimum absolute atomic E-state index is 0.322. The van der Waals surface area contributed by atoms with Crippen LogP contribution in [-0.4, -0.2) is 23.9 Å². The lowest BCUT2D eigenvalue weighted by molar-refractivity contribution is 0.0715. The van der Waals surface area contributed by atoms with Crippen LogP contribution in [0.5, 0.6) is 0 Å². The molecule has 0 aliphatic heterocycles. The number of hydrogen-bond acceptors (Lipinski definition) is 3. The molecule has 0 fully saturated rings.